The number of ether oxygens (including phenoxy) is 1. The van der Waals surface area contributed by atoms with E-state index in [-0.39, 0.29) is 18.7 Å². The molecule has 0 spiro atoms. The van der Waals surface area contributed by atoms with Gasteiger partial charge in [-0.15, -0.1) is 10.2 Å². The SMILES string of the molecule is CCOC(=O)CN(C=O)C(C)c1ccc(C2(C(F)(F)F)N=N2)cc1. The van der Waals surface area contributed by atoms with E-state index in [0.29, 0.717) is 12.0 Å². The summed E-state index contributed by atoms with van der Waals surface area (Å²) in [7, 11) is 0. The number of esters is 1. The lowest BCUT2D eigenvalue weighted by atomic mass is 9.99. The average molecular weight is 343 g/mol. The van der Waals surface area contributed by atoms with Crippen LogP contribution in [-0.4, -0.2) is 36.6 Å². The van der Waals surface area contributed by atoms with Crippen molar-refractivity contribution in [2.45, 2.75) is 31.7 Å². The molecule has 0 radical (unpaired) electrons. The Morgan fingerprint density at radius 1 is 1.33 bits per heavy atom. The smallest absolute Gasteiger partial charge is 0.442 e. The van der Waals surface area contributed by atoms with E-state index in [1.54, 1.807) is 13.8 Å². The van der Waals surface area contributed by atoms with Crippen LogP contribution in [0, 0.1) is 0 Å². The minimum atomic E-state index is -4.58. The Kier molecular flexibility index (Phi) is 4.91. The molecule has 130 valence electrons. The summed E-state index contributed by atoms with van der Waals surface area (Å²) in [4.78, 5) is 23.9. The molecule has 1 atom stereocenters. The Morgan fingerprint density at radius 2 is 1.92 bits per heavy atom. The van der Waals surface area contributed by atoms with Crippen LogP contribution < -0.4 is 0 Å². The lowest BCUT2D eigenvalue weighted by Crippen LogP contribution is -2.32. The molecular weight excluding hydrogens is 327 g/mol. The van der Waals surface area contributed by atoms with E-state index >= 15 is 0 Å². The van der Waals surface area contributed by atoms with Gasteiger partial charge in [0.25, 0.3) is 0 Å². The van der Waals surface area contributed by atoms with Crippen molar-refractivity contribution in [1.29, 1.82) is 0 Å². The molecule has 0 saturated heterocycles. The first-order valence-electron chi connectivity index (χ1n) is 7.23. The van der Waals surface area contributed by atoms with E-state index in [1.165, 1.54) is 29.2 Å². The van der Waals surface area contributed by atoms with Crippen molar-refractivity contribution in [3.63, 3.8) is 0 Å². The molecule has 0 N–H and O–H groups in total. The summed E-state index contributed by atoms with van der Waals surface area (Å²) in [5.41, 5.74) is -1.98. The van der Waals surface area contributed by atoms with Crippen LogP contribution in [0.15, 0.2) is 34.5 Å². The summed E-state index contributed by atoms with van der Waals surface area (Å²) in [5, 5.41) is 6.27. The first-order valence-corrected chi connectivity index (χ1v) is 7.23. The van der Waals surface area contributed by atoms with Gasteiger partial charge >= 0.3 is 17.8 Å². The molecule has 1 aromatic rings. The molecule has 0 aliphatic carbocycles. The molecule has 9 heteroatoms. The quantitative estimate of drug-likeness (QED) is 0.564. The molecule has 0 saturated carbocycles. The third kappa shape index (κ3) is 3.39. The predicted octanol–water partition coefficient (Wildman–Crippen LogP) is 2.95. The monoisotopic (exact) mass is 343 g/mol. The number of hydrogen-bond acceptors (Lipinski definition) is 5. The Labute approximate surface area is 136 Å². The highest BCUT2D eigenvalue weighted by Gasteiger charge is 2.65. The molecule has 0 bridgehead atoms. The zero-order valence-electron chi connectivity index (χ0n) is 13.1. The topological polar surface area (TPSA) is 71.3 Å². The van der Waals surface area contributed by atoms with Gasteiger partial charge in [0.1, 0.15) is 6.54 Å². The van der Waals surface area contributed by atoms with Crippen LogP contribution in [0.25, 0.3) is 0 Å². The van der Waals surface area contributed by atoms with Crippen LogP contribution in [0.5, 0.6) is 0 Å². The standard InChI is InChI=1S/C15H16F3N3O3/c1-3-24-13(23)8-21(9-22)10(2)11-4-6-12(7-5-11)14(19-20-14)15(16,17)18/h4-7,9-10H,3,8H2,1-2H3. The van der Waals surface area contributed by atoms with Gasteiger partial charge in [-0.1, -0.05) is 24.3 Å². The Hall–Kier alpha value is -2.45. The van der Waals surface area contributed by atoms with Crippen LogP contribution >= 0.6 is 0 Å². The van der Waals surface area contributed by atoms with Crippen LogP contribution in [0.4, 0.5) is 13.2 Å². The number of nitrogens with zero attached hydrogens (tertiary/aromatic N) is 3. The van der Waals surface area contributed by atoms with Crippen molar-refractivity contribution in [2.75, 3.05) is 13.2 Å². The minimum absolute atomic E-state index is 0.0889. The molecular formula is C15H16F3N3O3. The summed E-state index contributed by atoms with van der Waals surface area (Å²) >= 11 is 0. The average Bonchev–Trinajstić information content (AvgIpc) is 3.34. The van der Waals surface area contributed by atoms with Gasteiger partial charge in [0, 0.05) is 5.56 Å². The van der Waals surface area contributed by atoms with Gasteiger partial charge in [-0.25, -0.2) is 0 Å². The molecule has 6 nitrogen and oxygen atoms in total. The van der Waals surface area contributed by atoms with Crippen molar-refractivity contribution in [1.82, 2.24) is 4.90 Å². The molecule has 1 aliphatic heterocycles. The second-order valence-electron chi connectivity index (χ2n) is 5.25. The van der Waals surface area contributed by atoms with Crippen molar-refractivity contribution >= 4 is 12.4 Å². The van der Waals surface area contributed by atoms with E-state index < -0.39 is 23.9 Å². The molecule has 1 aliphatic rings. The van der Waals surface area contributed by atoms with E-state index in [0.717, 1.165) is 0 Å². The summed E-state index contributed by atoms with van der Waals surface area (Å²) in [6.07, 6.45) is -4.09. The van der Waals surface area contributed by atoms with Crippen molar-refractivity contribution < 1.29 is 27.5 Å². The van der Waals surface area contributed by atoms with Gasteiger partial charge in [0.05, 0.1) is 12.6 Å². The number of amides is 1. The first-order chi connectivity index (χ1) is 11.2. The van der Waals surface area contributed by atoms with Gasteiger partial charge < -0.3 is 9.64 Å². The molecule has 1 heterocycles. The number of hydrogen-bond donors (Lipinski definition) is 0. The van der Waals surface area contributed by atoms with Gasteiger partial charge in [-0.05, 0) is 19.4 Å². The second kappa shape index (κ2) is 6.58. The lowest BCUT2D eigenvalue weighted by molar-refractivity contribution is -0.166. The van der Waals surface area contributed by atoms with Crippen LogP contribution in [0.3, 0.4) is 0 Å². The fraction of sp³-hybridized carbons (Fsp3) is 0.467. The summed E-state index contributed by atoms with van der Waals surface area (Å²) in [5.74, 6) is -0.556. The van der Waals surface area contributed by atoms with Gasteiger partial charge in [0.2, 0.25) is 6.41 Å². The number of rotatable bonds is 7. The number of alkyl halides is 3. The van der Waals surface area contributed by atoms with Crippen molar-refractivity contribution in [3.05, 3.63) is 35.4 Å². The zero-order valence-corrected chi connectivity index (χ0v) is 13.1. The predicted molar refractivity (Wildman–Crippen MR) is 76.8 cm³/mol. The van der Waals surface area contributed by atoms with Crippen molar-refractivity contribution in [2.24, 2.45) is 10.2 Å². The molecule has 1 unspecified atom stereocenters. The van der Waals surface area contributed by atoms with Crippen LogP contribution in [0.2, 0.25) is 0 Å². The third-order valence-corrected chi connectivity index (χ3v) is 3.74. The summed E-state index contributed by atoms with van der Waals surface area (Å²) < 4.78 is 43.6. The Balaban J connectivity index is 2.12. The summed E-state index contributed by atoms with van der Waals surface area (Å²) in [6.45, 7) is 3.27. The maximum absolute atomic E-state index is 12.9. The molecule has 2 rings (SSSR count). The van der Waals surface area contributed by atoms with Crippen LogP contribution in [0.1, 0.15) is 31.0 Å². The van der Waals surface area contributed by atoms with E-state index in [1.807, 2.05) is 0 Å². The number of carbonyl (C=O) groups excluding carboxylic acids is 2. The number of benzene rings is 1. The molecule has 1 aromatic carbocycles. The van der Waals surface area contributed by atoms with Crippen LogP contribution in [-0.2, 0) is 20.0 Å². The fourth-order valence-corrected chi connectivity index (χ4v) is 2.25. The molecule has 1 amide bonds. The zero-order chi connectivity index (χ0) is 18.0. The van der Waals surface area contributed by atoms with Gasteiger partial charge in [-0.2, -0.15) is 13.2 Å². The third-order valence-electron chi connectivity index (χ3n) is 3.74. The highest BCUT2D eigenvalue weighted by atomic mass is 19.4. The largest absolute Gasteiger partial charge is 0.465 e. The second-order valence-corrected chi connectivity index (χ2v) is 5.25. The lowest BCUT2D eigenvalue weighted by Gasteiger charge is -2.25. The van der Waals surface area contributed by atoms with Gasteiger partial charge in [0.15, 0.2) is 0 Å². The van der Waals surface area contributed by atoms with Gasteiger partial charge in [-0.3, -0.25) is 9.59 Å². The highest BCUT2D eigenvalue weighted by Crippen LogP contribution is 2.52. The highest BCUT2D eigenvalue weighted by molar-refractivity contribution is 5.74. The molecule has 24 heavy (non-hydrogen) atoms. The number of halogens is 3. The minimum Gasteiger partial charge on any atom is -0.465 e. The van der Waals surface area contributed by atoms with Crippen molar-refractivity contribution in [3.8, 4) is 0 Å². The maximum atomic E-state index is 12.9. The maximum Gasteiger partial charge on any atom is 0.442 e. The summed E-state index contributed by atoms with van der Waals surface area (Å²) in [6, 6.07) is 4.95. The Bertz CT molecular complexity index is 638. The molecule has 0 fully saturated rings. The first kappa shape index (κ1) is 17.9. The van der Waals surface area contributed by atoms with E-state index in [2.05, 4.69) is 10.2 Å². The normalized spacial score (nSPS) is 16.4. The molecule has 0 aromatic heterocycles. The Morgan fingerprint density at radius 3 is 2.33 bits per heavy atom. The number of carbonyl (C=O) groups is 2. The fourth-order valence-electron chi connectivity index (χ4n) is 2.25. The van der Waals surface area contributed by atoms with E-state index in [4.69, 9.17) is 4.74 Å². The van der Waals surface area contributed by atoms with E-state index in [9.17, 15) is 22.8 Å².